The van der Waals surface area contributed by atoms with Crippen LogP contribution in [0, 0.1) is 28.1 Å². The fraction of sp³-hybridized carbons (Fsp3) is 1.00. The Kier molecular flexibility index (Phi) is 8.74. The summed E-state index contributed by atoms with van der Waals surface area (Å²) in [4.78, 5) is 0. The summed E-state index contributed by atoms with van der Waals surface area (Å²) in [6.07, 6.45) is 9.24. The predicted octanol–water partition coefficient (Wildman–Crippen LogP) is 8.11. The van der Waals surface area contributed by atoms with Crippen molar-refractivity contribution < 1.29 is 0 Å². The lowest BCUT2D eigenvalue weighted by molar-refractivity contribution is -0.140. The maximum atomic E-state index is 2.60. The number of rotatable bonds is 11. The summed E-state index contributed by atoms with van der Waals surface area (Å²) < 4.78 is 0. The van der Waals surface area contributed by atoms with E-state index in [2.05, 4.69) is 69.2 Å². The van der Waals surface area contributed by atoms with Crippen LogP contribution in [-0.2, 0) is 0 Å². The first-order valence-electron chi connectivity index (χ1n) is 10.2. The maximum Gasteiger partial charge on any atom is -0.0162 e. The van der Waals surface area contributed by atoms with E-state index in [-0.39, 0.29) is 0 Å². The molecule has 0 aliphatic heterocycles. The van der Waals surface area contributed by atoms with Gasteiger partial charge in [-0.15, -0.1) is 0 Å². The van der Waals surface area contributed by atoms with Gasteiger partial charge in [0.2, 0.25) is 0 Å². The van der Waals surface area contributed by atoms with Gasteiger partial charge in [-0.3, -0.25) is 0 Å². The van der Waals surface area contributed by atoms with Gasteiger partial charge in [-0.1, -0.05) is 108 Å². The lowest BCUT2D eigenvalue weighted by Gasteiger charge is -2.63. The summed E-state index contributed by atoms with van der Waals surface area (Å²) in [5.41, 5.74) is 1.32. The second-order valence-electron chi connectivity index (χ2n) is 8.53. The standard InChI is InChI=1S/C22H46/c1-11-18(7)17-22(19(8)12-2,20(9,13-3)14-4)21(10,15-5)16-6/h18-19H,11-17H2,1-10H3. The van der Waals surface area contributed by atoms with Gasteiger partial charge in [-0.05, 0) is 34.5 Å². The molecule has 0 aliphatic carbocycles. The molecule has 0 N–H and O–H groups in total. The van der Waals surface area contributed by atoms with Crippen molar-refractivity contribution in [2.75, 3.05) is 0 Å². The third-order valence-electron chi connectivity index (χ3n) is 8.10. The molecule has 0 aromatic carbocycles. The van der Waals surface area contributed by atoms with Crippen LogP contribution in [0.25, 0.3) is 0 Å². The smallest absolute Gasteiger partial charge is 0.0162 e. The van der Waals surface area contributed by atoms with Crippen molar-refractivity contribution in [3.05, 3.63) is 0 Å². The van der Waals surface area contributed by atoms with Crippen LogP contribution in [0.3, 0.4) is 0 Å². The number of hydrogen-bond acceptors (Lipinski definition) is 0. The van der Waals surface area contributed by atoms with E-state index in [1.807, 2.05) is 0 Å². The average molecular weight is 311 g/mol. The molecule has 0 heteroatoms. The van der Waals surface area contributed by atoms with Crippen molar-refractivity contribution in [3.63, 3.8) is 0 Å². The summed E-state index contributed by atoms with van der Waals surface area (Å²) in [5, 5.41) is 0. The van der Waals surface area contributed by atoms with E-state index >= 15 is 0 Å². The lowest BCUT2D eigenvalue weighted by atomic mass is 9.42. The van der Waals surface area contributed by atoms with E-state index in [1.54, 1.807) is 0 Å². The Morgan fingerprint density at radius 3 is 1.23 bits per heavy atom. The van der Waals surface area contributed by atoms with Gasteiger partial charge in [0, 0.05) is 0 Å². The number of hydrogen-bond donors (Lipinski definition) is 0. The highest BCUT2D eigenvalue weighted by atomic mass is 14.6. The van der Waals surface area contributed by atoms with Crippen LogP contribution in [0.15, 0.2) is 0 Å². The minimum Gasteiger partial charge on any atom is -0.0651 e. The molecule has 0 heterocycles. The molecule has 0 bridgehead atoms. The summed E-state index contributed by atoms with van der Waals surface area (Å²) >= 11 is 0. The third kappa shape index (κ3) is 3.57. The third-order valence-corrected chi connectivity index (χ3v) is 8.10. The first-order valence-corrected chi connectivity index (χ1v) is 10.2. The van der Waals surface area contributed by atoms with E-state index < -0.39 is 0 Å². The zero-order chi connectivity index (χ0) is 17.6. The van der Waals surface area contributed by atoms with E-state index in [0.717, 1.165) is 11.8 Å². The van der Waals surface area contributed by atoms with Crippen molar-refractivity contribution in [2.45, 2.75) is 114 Å². The van der Waals surface area contributed by atoms with E-state index in [0.29, 0.717) is 16.2 Å². The molecule has 22 heavy (non-hydrogen) atoms. The van der Waals surface area contributed by atoms with Crippen LogP contribution in [0.4, 0.5) is 0 Å². The molecular weight excluding hydrogens is 264 g/mol. The van der Waals surface area contributed by atoms with Crippen LogP contribution in [-0.4, -0.2) is 0 Å². The Morgan fingerprint density at radius 2 is 1.00 bits per heavy atom. The Balaban J connectivity index is 6.40. The Labute approximate surface area is 142 Å². The van der Waals surface area contributed by atoms with Gasteiger partial charge in [-0.2, -0.15) is 0 Å². The molecule has 0 spiro atoms. The first-order chi connectivity index (χ1) is 10.2. The van der Waals surface area contributed by atoms with E-state index in [4.69, 9.17) is 0 Å². The van der Waals surface area contributed by atoms with Crippen molar-refractivity contribution in [1.82, 2.24) is 0 Å². The molecule has 0 amide bonds. The average Bonchev–Trinajstić information content (AvgIpc) is 2.56. The molecule has 0 saturated carbocycles. The predicted molar refractivity (Wildman–Crippen MR) is 103 cm³/mol. The zero-order valence-electron chi connectivity index (χ0n) is 17.6. The maximum absolute atomic E-state index is 2.60. The van der Waals surface area contributed by atoms with E-state index in [9.17, 15) is 0 Å². The summed E-state index contributed by atoms with van der Waals surface area (Å²) in [6, 6.07) is 0. The van der Waals surface area contributed by atoms with Crippen LogP contribution in [0.2, 0.25) is 0 Å². The van der Waals surface area contributed by atoms with Crippen LogP contribution in [0.5, 0.6) is 0 Å². The van der Waals surface area contributed by atoms with Crippen LogP contribution in [0.1, 0.15) is 114 Å². The van der Waals surface area contributed by atoms with Gasteiger partial charge in [0.25, 0.3) is 0 Å². The van der Waals surface area contributed by atoms with Gasteiger partial charge < -0.3 is 0 Å². The van der Waals surface area contributed by atoms with Crippen LogP contribution >= 0.6 is 0 Å². The van der Waals surface area contributed by atoms with Crippen molar-refractivity contribution in [2.24, 2.45) is 28.1 Å². The molecule has 0 aromatic rings. The Hall–Kier alpha value is 0. The molecule has 0 nitrogen and oxygen atoms in total. The largest absolute Gasteiger partial charge is 0.0651 e. The van der Waals surface area contributed by atoms with Crippen molar-refractivity contribution in [3.8, 4) is 0 Å². The van der Waals surface area contributed by atoms with Gasteiger partial charge in [0.1, 0.15) is 0 Å². The topological polar surface area (TPSA) is 0 Å². The summed E-state index contributed by atoms with van der Waals surface area (Å²) in [7, 11) is 0. The van der Waals surface area contributed by atoms with Gasteiger partial charge in [0.15, 0.2) is 0 Å². The second-order valence-corrected chi connectivity index (χ2v) is 8.53. The summed E-state index contributed by atoms with van der Waals surface area (Å²) in [5.74, 6) is 1.61. The van der Waals surface area contributed by atoms with Gasteiger partial charge in [-0.25, -0.2) is 0 Å². The first kappa shape index (κ1) is 22.0. The normalized spacial score (nSPS) is 16.6. The Bertz CT molecular complexity index is 275. The monoisotopic (exact) mass is 310 g/mol. The molecule has 134 valence electrons. The molecule has 2 atom stereocenters. The molecule has 0 saturated heterocycles. The fourth-order valence-corrected chi connectivity index (χ4v) is 5.42. The minimum atomic E-state index is 0.437. The zero-order valence-corrected chi connectivity index (χ0v) is 17.6. The van der Waals surface area contributed by atoms with Gasteiger partial charge in [0.05, 0.1) is 0 Å². The van der Waals surface area contributed by atoms with Crippen molar-refractivity contribution in [1.29, 1.82) is 0 Å². The molecule has 0 radical (unpaired) electrons. The van der Waals surface area contributed by atoms with Crippen molar-refractivity contribution >= 4 is 0 Å². The fourth-order valence-electron chi connectivity index (χ4n) is 5.42. The van der Waals surface area contributed by atoms with E-state index in [1.165, 1.54) is 44.9 Å². The van der Waals surface area contributed by atoms with Gasteiger partial charge >= 0.3 is 0 Å². The Morgan fingerprint density at radius 1 is 0.636 bits per heavy atom. The highest BCUT2D eigenvalue weighted by Gasteiger charge is 2.57. The minimum absolute atomic E-state index is 0.437. The lowest BCUT2D eigenvalue weighted by Crippen LogP contribution is -2.55. The molecule has 0 aromatic heterocycles. The SMILES string of the molecule is CCC(C)CC(C(C)CC)(C(C)(CC)CC)C(C)(CC)CC. The quantitative estimate of drug-likeness (QED) is 0.361. The molecule has 2 unspecified atom stereocenters. The van der Waals surface area contributed by atoms with Crippen LogP contribution < -0.4 is 0 Å². The molecule has 0 fully saturated rings. The second kappa shape index (κ2) is 8.74. The highest BCUT2D eigenvalue weighted by Crippen LogP contribution is 2.65. The molecule has 0 rings (SSSR count). The highest BCUT2D eigenvalue weighted by molar-refractivity contribution is 5.06. The molecule has 0 aliphatic rings. The molecular formula is C22H46. The summed E-state index contributed by atoms with van der Waals surface area (Å²) in [6.45, 7) is 24.8.